The first-order valence-electron chi connectivity index (χ1n) is 12.1. The van der Waals surface area contributed by atoms with Crippen LogP contribution in [-0.4, -0.2) is 42.6 Å². The highest BCUT2D eigenvalue weighted by atomic mass is 16.5. The summed E-state index contributed by atoms with van der Waals surface area (Å²) in [5, 5.41) is 5.83. The number of rotatable bonds is 5. The van der Waals surface area contributed by atoms with Gasteiger partial charge in [0.25, 0.3) is 6.01 Å². The monoisotopic (exact) mass is 475 g/mol. The molecule has 36 heavy (non-hydrogen) atoms. The van der Waals surface area contributed by atoms with Crippen LogP contribution in [0.1, 0.15) is 19.4 Å². The van der Waals surface area contributed by atoms with Crippen LogP contribution in [0.5, 0.6) is 6.01 Å². The van der Waals surface area contributed by atoms with Gasteiger partial charge in [-0.15, -0.1) is 0 Å². The summed E-state index contributed by atoms with van der Waals surface area (Å²) in [6.45, 7) is 5.53. The Labute approximate surface area is 207 Å². The number of aromatic nitrogens is 6. The molecule has 0 bridgehead atoms. The molecule has 8 nitrogen and oxygen atoms in total. The number of anilines is 1. The third-order valence-corrected chi connectivity index (χ3v) is 6.85. The zero-order valence-corrected chi connectivity index (χ0v) is 20.1. The second-order valence-electron chi connectivity index (χ2n) is 9.85. The second-order valence-corrected chi connectivity index (χ2v) is 9.85. The standard InChI is InChI=1S/C28H25N7O/c1-28(2)16-36-27-32-23-25(29-12-11-18-14-31-22-10-6-4-8-20(18)22)33-24(34-26(23)35(27)28)19-13-17-7-3-5-9-21(17)30-15-19/h3-10,13-15,31H,11-12,16H2,1-2H3,(H,29,33,34). The van der Waals surface area contributed by atoms with Gasteiger partial charge in [-0.25, -0.2) is 9.97 Å². The summed E-state index contributed by atoms with van der Waals surface area (Å²) in [4.78, 5) is 22.6. The second kappa shape index (κ2) is 7.78. The highest BCUT2D eigenvalue weighted by Gasteiger charge is 2.36. The molecule has 0 atom stereocenters. The molecule has 0 amide bonds. The largest absolute Gasteiger partial charge is 0.462 e. The Balaban J connectivity index is 1.30. The van der Waals surface area contributed by atoms with Crippen molar-refractivity contribution < 1.29 is 4.74 Å². The molecule has 7 rings (SSSR count). The lowest BCUT2D eigenvalue weighted by molar-refractivity contribution is 0.268. The molecule has 0 spiro atoms. The van der Waals surface area contributed by atoms with Gasteiger partial charge in [0.05, 0.1) is 11.1 Å². The first kappa shape index (κ1) is 20.9. The summed E-state index contributed by atoms with van der Waals surface area (Å²) in [7, 11) is 0. The minimum absolute atomic E-state index is 0.251. The zero-order chi connectivity index (χ0) is 24.3. The molecular formula is C28H25N7O. The number of nitrogens with zero attached hydrogens (tertiary/aromatic N) is 5. The van der Waals surface area contributed by atoms with Crippen LogP contribution in [0.4, 0.5) is 5.82 Å². The third kappa shape index (κ3) is 3.29. The fraction of sp³-hybridized carbons (Fsp3) is 0.214. The number of hydrogen-bond acceptors (Lipinski definition) is 6. The quantitative estimate of drug-likeness (QED) is 0.351. The van der Waals surface area contributed by atoms with E-state index in [1.165, 1.54) is 10.9 Å². The van der Waals surface area contributed by atoms with Crippen LogP contribution in [0.3, 0.4) is 0 Å². The molecule has 1 aliphatic heterocycles. The molecule has 8 heteroatoms. The van der Waals surface area contributed by atoms with E-state index in [-0.39, 0.29) is 5.54 Å². The van der Waals surface area contributed by atoms with Crippen LogP contribution in [0.25, 0.3) is 44.4 Å². The molecule has 5 heterocycles. The smallest absolute Gasteiger partial charge is 0.299 e. The number of aromatic amines is 1. The SMILES string of the molecule is CC1(C)COc2nc3c(NCCc4c[nH]c5ccccc45)nc(-c4cnc5ccccc5c4)nc3n21. The molecule has 2 N–H and O–H groups in total. The van der Waals surface area contributed by atoms with Crippen molar-refractivity contribution in [2.45, 2.75) is 25.8 Å². The Morgan fingerprint density at radius 3 is 2.86 bits per heavy atom. The van der Waals surface area contributed by atoms with E-state index >= 15 is 0 Å². The maximum Gasteiger partial charge on any atom is 0.299 e. The van der Waals surface area contributed by atoms with Gasteiger partial charge in [0, 0.05) is 40.8 Å². The minimum atomic E-state index is -0.251. The summed E-state index contributed by atoms with van der Waals surface area (Å²) in [5.41, 5.74) is 5.45. The van der Waals surface area contributed by atoms with Crippen LogP contribution in [-0.2, 0) is 12.0 Å². The number of imidazole rings is 1. The highest BCUT2D eigenvalue weighted by molar-refractivity contribution is 5.88. The number of H-pyrrole nitrogens is 1. The lowest BCUT2D eigenvalue weighted by Gasteiger charge is -2.18. The normalized spacial score (nSPS) is 14.4. The predicted molar refractivity (Wildman–Crippen MR) is 141 cm³/mol. The Morgan fingerprint density at radius 2 is 1.92 bits per heavy atom. The van der Waals surface area contributed by atoms with E-state index in [2.05, 4.69) is 70.2 Å². The van der Waals surface area contributed by atoms with Gasteiger partial charge in [0.15, 0.2) is 22.8 Å². The van der Waals surface area contributed by atoms with E-state index in [1.807, 2.05) is 30.5 Å². The van der Waals surface area contributed by atoms with E-state index in [0.29, 0.717) is 36.3 Å². The van der Waals surface area contributed by atoms with Crippen LogP contribution < -0.4 is 10.1 Å². The molecule has 4 aromatic heterocycles. The Kier molecular flexibility index (Phi) is 4.51. The number of fused-ring (bicyclic) bond motifs is 5. The van der Waals surface area contributed by atoms with Gasteiger partial charge in [-0.2, -0.15) is 4.98 Å². The lowest BCUT2D eigenvalue weighted by atomic mass is 10.1. The molecule has 0 unspecified atom stereocenters. The van der Waals surface area contributed by atoms with Crippen LogP contribution in [0, 0.1) is 0 Å². The zero-order valence-electron chi connectivity index (χ0n) is 20.1. The van der Waals surface area contributed by atoms with Crippen LogP contribution in [0.15, 0.2) is 67.0 Å². The van der Waals surface area contributed by atoms with E-state index in [0.717, 1.165) is 34.1 Å². The molecule has 178 valence electrons. The van der Waals surface area contributed by atoms with E-state index in [4.69, 9.17) is 19.7 Å². The van der Waals surface area contributed by atoms with Gasteiger partial charge in [0.1, 0.15) is 6.61 Å². The maximum absolute atomic E-state index is 5.91. The number of nitrogens with one attached hydrogen (secondary N) is 2. The number of ether oxygens (including phenoxy) is 1. The molecule has 1 aliphatic rings. The summed E-state index contributed by atoms with van der Waals surface area (Å²) < 4.78 is 7.98. The molecule has 0 radical (unpaired) electrons. The Morgan fingerprint density at radius 1 is 1.06 bits per heavy atom. The van der Waals surface area contributed by atoms with Gasteiger partial charge in [-0.05, 0) is 44.0 Å². The summed E-state index contributed by atoms with van der Waals surface area (Å²) >= 11 is 0. The summed E-state index contributed by atoms with van der Waals surface area (Å²) in [6, 6.07) is 19.1. The molecule has 0 saturated heterocycles. The number of benzene rings is 2. The van der Waals surface area contributed by atoms with Crippen molar-refractivity contribution in [3.05, 3.63) is 72.6 Å². The first-order chi connectivity index (χ1) is 17.6. The van der Waals surface area contributed by atoms with Crippen molar-refractivity contribution in [3.8, 4) is 17.4 Å². The van der Waals surface area contributed by atoms with Gasteiger partial charge in [-0.3, -0.25) is 9.55 Å². The summed E-state index contributed by atoms with van der Waals surface area (Å²) in [5.74, 6) is 1.31. The van der Waals surface area contributed by atoms with Crippen molar-refractivity contribution >= 4 is 38.8 Å². The third-order valence-electron chi connectivity index (χ3n) is 6.85. The highest BCUT2D eigenvalue weighted by Crippen LogP contribution is 2.37. The Bertz CT molecular complexity index is 1760. The molecule has 0 fully saturated rings. The predicted octanol–water partition coefficient (Wildman–Crippen LogP) is 5.30. The average Bonchev–Trinajstić information content (AvgIpc) is 3.57. The number of pyridine rings is 1. The number of hydrogen-bond donors (Lipinski definition) is 2. The fourth-order valence-corrected chi connectivity index (χ4v) is 4.99. The van der Waals surface area contributed by atoms with E-state index in [9.17, 15) is 0 Å². The average molecular weight is 476 g/mol. The van der Waals surface area contributed by atoms with E-state index < -0.39 is 0 Å². The lowest BCUT2D eigenvalue weighted by Crippen LogP contribution is -2.25. The summed E-state index contributed by atoms with van der Waals surface area (Å²) in [6.07, 6.45) is 4.76. The van der Waals surface area contributed by atoms with E-state index in [1.54, 1.807) is 0 Å². The van der Waals surface area contributed by atoms with Gasteiger partial charge < -0.3 is 15.0 Å². The van der Waals surface area contributed by atoms with Crippen molar-refractivity contribution in [3.63, 3.8) is 0 Å². The maximum atomic E-state index is 5.91. The molecule has 0 saturated carbocycles. The van der Waals surface area contributed by atoms with Crippen molar-refractivity contribution in [1.29, 1.82) is 0 Å². The minimum Gasteiger partial charge on any atom is -0.462 e. The van der Waals surface area contributed by atoms with Crippen LogP contribution in [0.2, 0.25) is 0 Å². The van der Waals surface area contributed by atoms with Crippen molar-refractivity contribution in [2.24, 2.45) is 0 Å². The number of para-hydroxylation sites is 2. The van der Waals surface area contributed by atoms with Crippen molar-refractivity contribution in [2.75, 3.05) is 18.5 Å². The van der Waals surface area contributed by atoms with Gasteiger partial charge in [-0.1, -0.05) is 36.4 Å². The van der Waals surface area contributed by atoms with Gasteiger partial charge >= 0.3 is 0 Å². The topological polar surface area (TPSA) is 93.5 Å². The molecular weight excluding hydrogens is 450 g/mol. The Hall–Kier alpha value is -4.46. The van der Waals surface area contributed by atoms with Gasteiger partial charge in [0.2, 0.25) is 0 Å². The fourth-order valence-electron chi connectivity index (χ4n) is 4.99. The first-order valence-corrected chi connectivity index (χ1v) is 12.1. The van der Waals surface area contributed by atoms with Crippen LogP contribution >= 0.6 is 0 Å². The molecule has 2 aromatic carbocycles. The molecule has 6 aromatic rings. The van der Waals surface area contributed by atoms with Crippen molar-refractivity contribution in [1.82, 2.24) is 29.5 Å². The molecule has 0 aliphatic carbocycles.